The van der Waals surface area contributed by atoms with Crippen LogP contribution in [0.5, 0.6) is 17.2 Å². The van der Waals surface area contributed by atoms with Gasteiger partial charge >= 0.3 is 12.1 Å². The number of rotatable bonds is 12. The quantitative estimate of drug-likeness (QED) is 0.127. The number of hydrogen-bond donors (Lipinski definition) is 3. The van der Waals surface area contributed by atoms with Crippen LogP contribution in [0.15, 0.2) is 102 Å². The molecular weight excluding hydrogens is 637 g/mol. The Morgan fingerprint density at radius 1 is 0.809 bits per heavy atom. The van der Waals surface area contributed by atoms with Gasteiger partial charge in [0.15, 0.2) is 0 Å². The van der Waals surface area contributed by atoms with Crippen molar-refractivity contribution in [2.45, 2.75) is 48.7 Å². The molecule has 4 aromatic carbocycles. The molecule has 1 aliphatic rings. The maximum Gasteiger partial charge on any atom is 0.416 e. The number of alkyl halides is 3. The largest absolute Gasteiger partial charge is 0.492 e. The summed E-state index contributed by atoms with van der Waals surface area (Å²) in [5.74, 6) is 0.403. The predicted octanol–water partition coefficient (Wildman–Crippen LogP) is 8.43. The van der Waals surface area contributed by atoms with E-state index in [1.807, 2.05) is 12.1 Å². The van der Waals surface area contributed by atoms with Crippen molar-refractivity contribution in [3.8, 4) is 17.2 Å². The number of nitrogens with one attached hydrogen (secondary N) is 2. The van der Waals surface area contributed by atoms with Crippen molar-refractivity contribution < 1.29 is 37.3 Å². The topological polar surface area (TPSA) is 131 Å². The van der Waals surface area contributed by atoms with E-state index in [9.17, 15) is 27.9 Å². The number of anilines is 1. The van der Waals surface area contributed by atoms with Crippen LogP contribution in [0.4, 0.5) is 18.9 Å². The van der Waals surface area contributed by atoms with E-state index in [0.717, 1.165) is 43.4 Å². The standard InChI is InChI=1S/C34H31F3N2O5S.O2/c35-34(36,37)24-9-17-28(18-10-24)45-39-33(19-3-4-20-33)22-43-25-13-15-27(16-14-25)44-26-11-7-23(8-12-26)21-31(40)38-30-6-2-1-5-29(30)32(41)42;1-2/h1-2,5-18,39H,3-4,19-22H2,(H,38,40)(H,41,42);. The van der Waals surface area contributed by atoms with Crippen molar-refractivity contribution in [1.82, 2.24) is 4.72 Å². The van der Waals surface area contributed by atoms with Crippen LogP contribution < -0.4 is 19.5 Å². The van der Waals surface area contributed by atoms with Crippen molar-refractivity contribution >= 4 is 29.5 Å². The summed E-state index contributed by atoms with van der Waals surface area (Å²) in [5, 5.41) is 11.9. The first-order valence-electron chi connectivity index (χ1n) is 14.5. The molecule has 47 heavy (non-hydrogen) atoms. The van der Waals surface area contributed by atoms with Gasteiger partial charge in [-0.15, -0.1) is 0 Å². The molecule has 0 bridgehead atoms. The van der Waals surface area contributed by atoms with Crippen molar-refractivity contribution in [3.05, 3.63) is 124 Å². The lowest BCUT2D eigenvalue weighted by Gasteiger charge is -2.29. The predicted molar refractivity (Wildman–Crippen MR) is 173 cm³/mol. The number of aromatic carboxylic acids is 1. The normalized spacial score (nSPS) is 13.6. The highest BCUT2D eigenvalue weighted by atomic mass is 32.2. The molecule has 0 spiro atoms. The Bertz CT molecular complexity index is 1630. The fourth-order valence-electron chi connectivity index (χ4n) is 5.00. The second kappa shape index (κ2) is 16.1. The van der Waals surface area contributed by atoms with E-state index < -0.39 is 17.7 Å². The highest BCUT2D eigenvalue weighted by molar-refractivity contribution is 7.97. The van der Waals surface area contributed by atoms with Gasteiger partial charge in [0.25, 0.3) is 0 Å². The van der Waals surface area contributed by atoms with Crippen LogP contribution in [0.1, 0.15) is 47.2 Å². The van der Waals surface area contributed by atoms with E-state index in [-0.39, 0.29) is 29.1 Å². The second-order valence-electron chi connectivity index (χ2n) is 10.8. The number of carbonyl (C=O) groups is 2. The van der Waals surface area contributed by atoms with Gasteiger partial charge in [0.1, 0.15) is 23.9 Å². The van der Waals surface area contributed by atoms with Crippen molar-refractivity contribution in [2.24, 2.45) is 0 Å². The SMILES string of the molecule is O=C(Cc1ccc(Oc2ccc(OCC3(NSc4ccc(C(F)(F)F)cc4)CCCC3)cc2)cc1)Nc1ccccc1C(=O)O.O=O. The van der Waals surface area contributed by atoms with Gasteiger partial charge in [-0.05, 0) is 103 Å². The molecule has 246 valence electrons. The third kappa shape index (κ3) is 10.1. The van der Waals surface area contributed by atoms with Gasteiger partial charge in [-0.25, -0.2) is 4.79 Å². The summed E-state index contributed by atoms with van der Waals surface area (Å²) < 4.78 is 54.1. The van der Waals surface area contributed by atoms with Gasteiger partial charge in [0.2, 0.25) is 5.91 Å². The second-order valence-corrected chi connectivity index (χ2v) is 11.7. The lowest BCUT2D eigenvalue weighted by atomic mass is 10.0. The molecule has 5 rings (SSSR count). The molecule has 0 heterocycles. The van der Waals surface area contributed by atoms with Crippen LogP contribution >= 0.6 is 11.9 Å². The number of carboxylic acid groups (broad SMARTS) is 1. The molecule has 9 nitrogen and oxygen atoms in total. The lowest BCUT2D eigenvalue weighted by molar-refractivity contribution is -0.137. The number of halogens is 3. The number of hydrogen-bond acceptors (Lipinski definition) is 8. The number of benzene rings is 4. The summed E-state index contributed by atoms with van der Waals surface area (Å²) in [6.07, 6.45) is -0.412. The molecule has 1 aliphatic carbocycles. The Hall–Kier alpha value is -4.88. The Balaban J connectivity index is 0.00000245. The van der Waals surface area contributed by atoms with Crippen LogP contribution in [0.2, 0.25) is 0 Å². The van der Waals surface area contributed by atoms with Crippen LogP contribution in [0.25, 0.3) is 0 Å². The Kier molecular flexibility index (Phi) is 12.0. The molecule has 1 amide bonds. The zero-order valence-corrected chi connectivity index (χ0v) is 25.7. The third-order valence-corrected chi connectivity index (χ3v) is 8.46. The fraction of sp³-hybridized carbons (Fsp3) is 0.235. The molecule has 1 saturated carbocycles. The van der Waals surface area contributed by atoms with Crippen molar-refractivity contribution in [2.75, 3.05) is 11.9 Å². The zero-order valence-electron chi connectivity index (χ0n) is 24.9. The van der Waals surface area contributed by atoms with Crippen LogP contribution in [-0.2, 0) is 17.4 Å². The van der Waals surface area contributed by atoms with Gasteiger partial charge in [0.05, 0.1) is 28.8 Å². The maximum absolute atomic E-state index is 12.9. The maximum atomic E-state index is 12.9. The summed E-state index contributed by atoms with van der Waals surface area (Å²) in [4.78, 5) is 38.5. The molecule has 0 atom stereocenters. The minimum absolute atomic E-state index is 0.0245. The molecule has 0 aromatic heterocycles. The highest BCUT2D eigenvalue weighted by Gasteiger charge is 2.35. The Morgan fingerprint density at radius 3 is 1.98 bits per heavy atom. The molecule has 1 fully saturated rings. The summed E-state index contributed by atoms with van der Waals surface area (Å²) >= 11 is 1.32. The number of carbonyl (C=O) groups excluding carboxylic acids is 1. The van der Waals surface area contributed by atoms with Gasteiger partial charge in [-0.1, -0.05) is 37.1 Å². The minimum atomic E-state index is -4.36. The van der Waals surface area contributed by atoms with Crippen LogP contribution in [0.3, 0.4) is 0 Å². The summed E-state index contributed by atoms with van der Waals surface area (Å²) in [5.41, 5.74) is 0.0477. The smallest absolute Gasteiger partial charge is 0.416 e. The van der Waals surface area contributed by atoms with Crippen LogP contribution in [-0.4, -0.2) is 29.1 Å². The van der Waals surface area contributed by atoms with E-state index in [0.29, 0.717) is 28.8 Å². The highest BCUT2D eigenvalue weighted by Crippen LogP contribution is 2.35. The Labute approximate surface area is 272 Å². The van der Waals surface area contributed by atoms with E-state index in [4.69, 9.17) is 19.4 Å². The minimum Gasteiger partial charge on any atom is -0.492 e. The van der Waals surface area contributed by atoms with Crippen molar-refractivity contribution in [1.29, 1.82) is 0 Å². The average Bonchev–Trinajstić information content (AvgIpc) is 3.54. The summed E-state index contributed by atoms with van der Waals surface area (Å²) in [6.45, 7) is 0.414. The van der Waals surface area contributed by atoms with Gasteiger partial charge in [-0.2, -0.15) is 13.2 Å². The molecule has 13 heteroatoms. The summed E-state index contributed by atoms with van der Waals surface area (Å²) in [7, 11) is 0. The van der Waals surface area contributed by atoms with E-state index in [1.165, 1.54) is 30.1 Å². The molecule has 3 N–H and O–H groups in total. The molecule has 0 radical (unpaired) electrons. The molecule has 4 aromatic rings. The molecule has 0 unspecified atom stereocenters. The number of ether oxygens (including phenoxy) is 2. The number of amides is 1. The number of carboxylic acids is 1. The first-order chi connectivity index (χ1) is 22.6. The van der Waals surface area contributed by atoms with Crippen LogP contribution in [0, 0.1) is 9.93 Å². The van der Waals surface area contributed by atoms with Gasteiger partial charge in [-0.3, -0.25) is 9.52 Å². The van der Waals surface area contributed by atoms with Gasteiger partial charge in [0, 0.05) is 14.8 Å². The number of para-hydroxylation sites is 1. The van der Waals surface area contributed by atoms with Gasteiger partial charge < -0.3 is 19.9 Å². The van der Waals surface area contributed by atoms with E-state index >= 15 is 0 Å². The zero-order chi connectivity index (χ0) is 33.9. The first-order valence-corrected chi connectivity index (χ1v) is 15.3. The molecular formula is C34H31F3N2O7S. The van der Waals surface area contributed by atoms with E-state index in [1.54, 1.807) is 54.6 Å². The Morgan fingerprint density at radius 2 is 1.38 bits per heavy atom. The van der Waals surface area contributed by atoms with Crippen molar-refractivity contribution in [3.63, 3.8) is 0 Å². The molecule has 0 saturated heterocycles. The lowest BCUT2D eigenvalue weighted by Crippen LogP contribution is -2.44. The van der Waals surface area contributed by atoms with E-state index in [2.05, 4.69) is 10.0 Å². The average molecular weight is 669 g/mol. The fourth-order valence-corrected chi connectivity index (χ4v) is 5.87. The first kappa shape index (κ1) is 35.0. The molecule has 0 aliphatic heterocycles. The third-order valence-electron chi connectivity index (χ3n) is 7.42. The summed E-state index contributed by atoms with van der Waals surface area (Å²) in [6, 6.07) is 25.6. The monoisotopic (exact) mass is 668 g/mol.